The minimum absolute atomic E-state index is 0.0282. The Balaban J connectivity index is 1.24. The van der Waals surface area contributed by atoms with Crippen LogP contribution in [0.3, 0.4) is 0 Å². The molecule has 0 radical (unpaired) electrons. The van der Waals surface area contributed by atoms with E-state index in [1.165, 1.54) is 66.3 Å². The molecular formula is C41H33N3. The van der Waals surface area contributed by atoms with Crippen LogP contribution in [0.15, 0.2) is 140 Å². The van der Waals surface area contributed by atoms with Gasteiger partial charge in [0.2, 0.25) is 0 Å². The third kappa shape index (κ3) is 3.60. The highest BCUT2D eigenvalue weighted by Gasteiger charge is 2.39. The monoisotopic (exact) mass is 567 g/mol. The van der Waals surface area contributed by atoms with E-state index in [1.54, 1.807) is 0 Å². The molecule has 0 amide bonds. The Hall–Kier alpha value is -5.12. The molecule has 1 aromatic heterocycles. The topological polar surface area (TPSA) is 29.0 Å². The summed E-state index contributed by atoms with van der Waals surface area (Å²) >= 11 is 0. The number of benzene rings is 6. The highest BCUT2D eigenvalue weighted by Crippen LogP contribution is 2.53. The van der Waals surface area contributed by atoms with Crippen molar-refractivity contribution in [2.24, 2.45) is 0 Å². The fraction of sp³-hybridized carbons (Fsp3) is 0.122. The van der Waals surface area contributed by atoms with Crippen LogP contribution < -0.4 is 10.6 Å². The first kappa shape index (κ1) is 25.4. The number of hydrogen-bond donors (Lipinski definition) is 2. The minimum atomic E-state index is -0.155. The van der Waals surface area contributed by atoms with Crippen molar-refractivity contribution in [2.45, 2.75) is 31.6 Å². The number of nitrogens with one attached hydrogen (secondary N) is 2. The zero-order valence-electron chi connectivity index (χ0n) is 24.9. The van der Waals surface area contributed by atoms with Gasteiger partial charge in [-0.05, 0) is 56.6 Å². The molecule has 1 aliphatic heterocycles. The largest absolute Gasteiger partial charge is 0.352 e. The number of aromatic nitrogens is 1. The average Bonchev–Trinajstić information content (AvgIpc) is 3.53. The van der Waals surface area contributed by atoms with Crippen molar-refractivity contribution in [3.63, 3.8) is 0 Å². The van der Waals surface area contributed by atoms with Gasteiger partial charge >= 0.3 is 0 Å². The Morgan fingerprint density at radius 3 is 2.16 bits per heavy atom. The van der Waals surface area contributed by atoms with E-state index in [4.69, 9.17) is 0 Å². The second-order valence-corrected chi connectivity index (χ2v) is 12.7. The maximum Gasteiger partial charge on any atom is 0.160 e. The summed E-state index contributed by atoms with van der Waals surface area (Å²) in [7, 11) is 0. The molecule has 0 saturated carbocycles. The van der Waals surface area contributed by atoms with Gasteiger partial charge in [0.25, 0.3) is 0 Å². The van der Waals surface area contributed by atoms with Crippen LogP contribution in [0.5, 0.6) is 0 Å². The number of rotatable bonds is 3. The van der Waals surface area contributed by atoms with Gasteiger partial charge in [0.15, 0.2) is 6.29 Å². The lowest BCUT2D eigenvalue weighted by molar-refractivity contribution is 0.416. The van der Waals surface area contributed by atoms with Crippen molar-refractivity contribution < 1.29 is 0 Å². The lowest BCUT2D eigenvalue weighted by Gasteiger charge is -2.37. The number of fused-ring (bicyclic) bond motifs is 8. The maximum atomic E-state index is 4.06. The first-order valence-electron chi connectivity index (χ1n) is 15.5. The van der Waals surface area contributed by atoms with Crippen LogP contribution in [0.1, 0.15) is 48.4 Å². The van der Waals surface area contributed by atoms with Gasteiger partial charge in [0, 0.05) is 21.9 Å². The highest BCUT2D eigenvalue weighted by atomic mass is 15.3. The normalized spacial score (nSPS) is 18.0. The lowest BCUT2D eigenvalue weighted by Crippen LogP contribution is -2.40. The standard InChI is InChI=1S/C41H33N3/c1-41(2)34-17-9-6-14-29(34)31-24-25-32-30-15-8-11-19-36(30)44(39(32)37(31)41)40-42-35-18-10-7-16-33(35)38(43-40)28-22-20-27(21-23-28)26-12-4-3-5-13-26/h3-25,38,40,42-43H,1-2H3. The van der Waals surface area contributed by atoms with Crippen molar-refractivity contribution in [3.8, 4) is 22.3 Å². The molecule has 0 saturated heterocycles. The van der Waals surface area contributed by atoms with E-state index in [9.17, 15) is 0 Å². The summed E-state index contributed by atoms with van der Waals surface area (Å²) in [5.41, 5.74) is 14.0. The smallest absolute Gasteiger partial charge is 0.160 e. The van der Waals surface area contributed by atoms with Crippen molar-refractivity contribution in [1.29, 1.82) is 0 Å². The average molecular weight is 568 g/mol. The molecule has 7 aromatic rings. The van der Waals surface area contributed by atoms with Crippen LogP contribution >= 0.6 is 0 Å². The van der Waals surface area contributed by atoms with Crippen molar-refractivity contribution in [1.82, 2.24) is 9.88 Å². The number of nitrogens with zero attached hydrogens (tertiary/aromatic N) is 1. The molecule has 2 heterocycles. The van der Waals surface area contributed by atoms with Gasteiger partial charge in [-0.25, -0.2) is 0 Å². The summed E-state index contributed by atoms with van der Waals surface area (Å²) in [4.78, 5) is 0. The molecule has 6 aromatic carbocycles. The fourth-order valence-corrected chi connectivity index (χ4v) is 7.84. The van der Waals surface area contributed by atoms with Crippen LogP contribution in [0, 0.1) is 0 Å². The molecule has 212 valence electrons. The zero-order chi connectivity index (χ0) is 29.4. The minimum Gasteiger partial charge on any atom is -0.352 e. The van der Waals surface area contributed by atoms with E-state index < -0.39 is 0 Å². The van der Waals surface area contributed by atoms with E-state index in [2.05, 4.69) is 169 Å². The highest BCUT2D eigenvalue weighted by molar-refractivity contribution is 6.12. The molecule has 0 bridgehead atoms. The molecule has 0 fully saturated rings. The lowest BCUT2D eigenvalue weighted by atomic mass is 9.81. The van der Waals surface area contributed by atoms with Gasteiger partial charge in [0.05, 0.1) is 17.1 Å². The Kier molecular flexibility index (Phi) is 5.45. The molecule has 1 aliphatic carbocycles. The van der Waals surface area contributed by atoms with Crippen LogP contribution in [0.2, 0.25) is 0 Å². The van der Waals surface area contributed by atoms with Crippen LogP contribution in [-0.2, 0) is 5.41 Å². The van der Waals surface area contributed by atoms with Crippen molar-refractivity contribution in [3.05, 3.63) is 162 Å². The third-order valence-corrected chi connectivity index (χ3v) is 9.89. The van der Waals surface area contributed by atoms with Gasteiger partial charge in [-0.3, -0.25) is 5.32 Å². The number of anilines is 1. The van der Waals surface area contributed by atoms with Crippen LogP contribution in [0.4, 0.5) is 5.69 Å². The Labute approximate surface area is 257 Å². The number of para-hydroxylation sites is 2. The molecule has 2 unspecified atom stereocenters. The molecular weight excluding hydrogens is 534 g/mol. The molecule has 0 spiro atoms. The predicted octanol–water partition coefficient (Wildman–Crippen LogP) is 10.0. The van der Waals surface area contributed by atoms with E-state index in [-0.39, 0.29) is 17.7 Å². The molecule has 3 nitrogen and oxygen atoms in total. The quantitative estimate of drug-likeness (QED) is 0.222. The van der Waals surface area contributed by atoms with Gasteiger partial charge < -0.3 is 9.88 Å². The molecule has 3 heteroatoms. The summed E-state index contributed by atoms with van der Waals surface area (Å²) in [6, 6.07) is 50.9. The SMILES string of the molecule is CC1(C)c2ccccc2-c2ccc3c4ccccc4n(C4Nc5ccccc5C(c5ccc(-c6ccccc6)cc5)N4)c3c21. The van der Waals surface area contributed by atoms with Crippen LogP contribution in [0.25, 0.3) is 44.1 Å². The molecule has 2 aliphatic rings. The third-order valence-electron chi connectivity index (χ3n) is 9.89. The van der Waals surface area contributed by atoms with E-state index >= 15 is 0 Å². The Morgan fingerprint density at radius 2 is 1.30 bits per heavy atom. The molecule has 2 N–H and O–H groups in total. The molecule has 44 heavy (non-hydrogen) atoms. The van der Waals surface area contributed by atoms with E-state index in [1.807, 2.05) is 0 Å². The Bertz CT molecular complexity index is 2210. The second kappa shape index (κ2) is 9.44. The first-order valence-corrected chi connectivity index (χ1v) is 15.5. The summed E-state index contributed by atoms with van der Waals surface area (Å²) in [6.07, 6.45) is -0.155. The number of hydrogen-bond acceptors (Lipinski definition) is 2. The fourth-order valence-electron chi connectivity index (χ4n) is 7.84. The maximum absolute atomic E-state index is 4.06. The van der Waals surface area contributed by atoms with Gasteiger partial charge in [-0.15, -0.1) is 0 Å². The molecule has 2 atom stereocenters. The summed E-state index contributed by atoms with van der Waals surface area (Å²) in [5, 5.41) is 10.6. The second-order valence-electron chi connectivity index (χ2n) is 12.7. The summed E-state index contributed by atoms with van der Waals surface area (Å²) < 4.78 is 2.53. The predicted molar refractivity (Wildman–Crippen MR) is 183 cm³/mol. The summed E-state index contributed by atoms with van der Waals surface area (Å²) in [6.45, 7) is 4.76. The van der Waals surface area contributed by atoms with Gasteiger partial charge in [-0.2, -0.15) is 0 Å². The van der Waals surface area contributed by atoms with Crippen molar-refractivity contribution in [2.75, 3.05) is 5.32 Å². The summed E-state index contributed by atoms with van der Waals surface area (Å²) in [5.74, 6) is 0. The molecule has 9 rings (SSSR count). The van der Waals surface area contributed by atoms with Gasteiger partial charge in [0.1, 0.15) is 0 Å². The van der Waals surface area contributed by atoms with Gasteiger partial charge in [-0.1, -0.05) is 141 Å². The first-order chi connectivity index (χ1) is 21.6. The Morgan fingerprint density at radius 1 is 0.591 bits per heavy atom. The van der Waals surface area contributed by atoms with Crippen LogP contribution in [-0.4, -0.2) is 4.57 Å². The van der Waals surface area contributed by atoms with E-state index in [0.29, 0.717) is 0 Å². The van der Waals surface area contributed by atoms with E-state index in [0.717, 1.165) is 5.69 Å². The van der Waals surface area contributed by atoms with Crippen molar-refractivity contribution >= 4 is 27.5 Å². The zero-order valence-corrected chi connectivity index (χ0v) is 24.9.